The lowest BCUT2D eigenvalue weighted by Crippen LogP contribution is -2.35. The molecule has 2 aromatic rings. The first-order valence-electron chi connectivity index (χ1n) is 7.45. The molecule has 3 rings (SSSR count). The van der Waals surface area contributed by atoms with Gasteiger partial charge in [0.25, 0.3) is 0 Å². The molecule has 1 aromatic carbocycles. The fourth-order valence-electron chi connectivity index (χ4n) is 3.13. The molecular weight excluding hydrogens is 246 g/mol. The molecule has 0 bridgehead atoms. The van der Waals surface area contributed by atoms with Crippen LogP contribution in [-0.4, -0.2) is 22.1 Å². The highest BCUT2D eigenvalue weighted by Crippen LogP contribution is 2.34. The van der Waals surface area contributed by atoms with Gasteiger partial charge in [-0.05, 0) is 56.9 Å². The van der Waals surface area contributed by atoms with E-state index in [4.69, 9.17) is 0 Å². The molecule has 0 saturated carbocycles. The maximum absolute atomic E-state index is 4.50. The van der Waals surface area contributed by atoms with E-state index in [1.54, 1.807) is 0 Å². The highest BCUT2D eigenvalue weighted by molar-refractivity contribution is 5.71. The molecule has 3 heteroatoms. The number of hydrogen-bond acceptors (Lipinski definition) is 2. The van der Waals surface area contributed by atoms with Gasteiger partial charge in [0, 0.05) is 37.1 Å². The lowest BCUT2D eigenvalue weighted by atomic mass is 9.94. The number of imidazole rings is 1. The van der Waals surface area contributed by atoms with E-state index < -0.39 is 0 Å². The lowest BCUT2D eigenvalue weighted by molar-refractivity contribution is 0.625. The Balaban J connectivity index is 2.08. The van der Waals surface area contributed by atoms with Gasteiger partial charge in [0.1, 0.15) is 0 Å². The van der Waals surface area contributed by atoms with Crippen molar-refractivity contribution < 1.29 is 0 Å². The summed E-state index contributed by atoms with van der Waals surface area (Å²) >= 11 is 0. The Kier molecular flexibility index (Phi) is 3.28. The second kappa shape index (κ2) is 4.97. The zero-order valence-corrected chi connectivity index (χ0v) is 12.8. The normalized spacial score (nSPS) is 14.8. The fourth-order valence-corrected chi connectivity index (χ4v) is 3.13. The number of benzene rings is 1. The van der Waals surface area contributed by atoms with Crippen LogP contribution in [0.2, 0.25) is 0 Å². The van der Waals surface area contributed by atoms with Gasteiger partial charge in [-0.15, -0.1) is 0 Å². The van der Waals surface area contributed by atoms with Crippen LogP contribution in [0.25, 0.3) is 11.3 Å². The summed E-state index contributed by atoms with van der Waals surface area (Å²) in [6.07, 6.45) is 6.39. The number of fused-ring (bicyclic) bond motifs is 1. The predicted octanol–water partition coefficient (Wildman–Crippen LogP) is 3.56. The lowest BCUT2D eigenvalue weighted by Gasteiger charge is -2.35. The third kappa shape index (κ3) is 2.21. The molecule has 0 amide bonds. The molecule has 1 aliphatic rings. The van der Waals surface area contributed by atoms with Crippen LogP contribution < -0.4 is 4.90 Å². The van der Waals surface area contributed by atoms with E-state index in [0.29, 0.717) is 6.04 Å². The fraction of sp³-hybridized carbons (Fsp3) is 0.471. The topological polar surface area (TPSA) is 21.1 Å². The van der Waals surface area contributed by atoms with E-state index in [2.05, 4.69) is 49.0 Å². The molecule has 0 aliphatic carbocycles. The van der Waals surface area contributed by atoms with E-state index in [1.807, 2.05) is 17.9 Å². The van der Waals surface area contributed by atoms with Crippen molar-refractivity contribution in [2.24, 2.45) is 7.05 Å². The van der Waals surface area contributed by atoms with Gasteiger partial charge in [0.05, 0.1) is 12.0 Å². The Labute approximate surface area is 121 Å². The van der Waals surface area contributed by atoms with Gasteiger partial charge in [-0.3, -0.25) is 0 Å². The van der Waals surface area contributed by atoms with Gasteiger partial charge in [-0.25, -0.2) is 4.98 Å². The molecule has 1 aliphatic heterocycles. The maximum atomic E-state index is 4.50. The van der Waals surface area contributed by atoms with Gasteiger partial charge in [-0.2, -0.15) is 0 Å². The van der Waals surface area contributed by atoms with Crippen LogP contribution in [0.15, 0.2) is 24.7 Å². The van der Waals surface area contributed by atoms with Crippen LogP contribution in [0.1, 0.15) is 31.4 Å². The highest BCUT2D eigenvalue weighted by Gasteiger charge is 2.21. The van der Waals surface area contributed by atoms with Crippen molar-refractivity contribution in [1.82, 2.24) is 9.55 Å². The van der Waals surface area contributed by atoms with E-state index >= 15 is 0 Å². The second-order valence-electron chi connectivity index (χ2n) is 6.11. The summed E-state index contributed by atoms with van der Waals surface area (Å²) < 4.78 is 2.01. The molecule has 0 saturated heterocycles. The number of anilines is 1. The number of rotatable bonds is 2. The Morgan fingerprint density at radius 1 is 1.25 bits per heavy atom. The third-order valence-corrected chi connectivity index (χ3v) is 4.18. The first-order valence-corrected chi connectivity index (χ1v) is 7.45. The minimum absolute atomic E-state index is 0.564. The SMILES string of the molecule is Cc1cc2c(cc1-c1cn(C)cn1)CCCN2C(C)C. The molecule has 0 N–H and O–H groups in total. The summed E-state index contributed by atoms with van der Waals surface area (Å²) in [5, 5.41) is 0. The first kappa shape index (κ1) is 13.2. The maximum Gasteiger partial charge on any atom is 0.0951 e. The molecule has 1 aromatic heterocycles. The third-order valence-electron chi connectivity index (χ3n) is 4.18. The van der Waals surface area contributed by atoms with Crippen molar-refractivity contribution in [2.45, 2.75) is 39.7 Å². The number of hydrogen-bond donors (Lipinski definition) is 0. The quantitative estimate of drug-likeness (QED) is 0.831. The van der Waals surface area contributed by atoms with Gasteiger partial charge < -0.3 is 9.47 Å². The molecule has 0 atom stereocenters. The monoisotopic (exact) mass is 269 g/mol. The Hall–Kier alpha value is -1.77. The van der Waals surface area contributed by atoms with Crippen molar-refractivity contribution in [1.29, 1.82) is 0 Å². The number of nitrogens with zero attached hydrogens (tertiary/aromatic N) is 3. The molecule has 0 spiro atoms. The Morgan fingerprint density at radius 3 is 2.70 bits per heavy atom. The van der Waals surface area contributed by atoms with Gasteiger partial charge >= 0.3 is 0 Å². The molecule has 0 fully saturated rings. The molecule has 2 heterocycles. The van der Waals surface area contributed by atoms with Crippen molar-refractivity contribution in [3.8, 4) is 11.3 Å². The van der Waals surface area contributed by atoms with E-state index in [0.717, 1.165) is 5.69 Å². The van der Waals surface area contributed by atoms with Crippen LogP contribution in [0, 0.1) is 6.92 Å². The van der Waals surface area contributed by atoms with E-state index in [-0.39, 0.29) is 0 Å². The van der Waals surface area contributed by atoms with Crippen molar-refractivity contribution in [2.75, 3.05) is 11.4 Å². The summed E-state index contributed by atoms with van der Waals surface area (Å²) in [5.74, 6) is 0. The zero-order valence-electron chi connectivity index (χ0n) is 12.8. The van der Waals surface area contributed by atoms with Crippen molar-refractivity contribution in [3.63, 3.8) is 0 Å². The standard InChI is InChI=1S/C17H23N3/c1-12(2)20-7-5-6-14-9-15(13(3)8-17(14)20)16-10-19(4)11-18-16/h8-12H,5-7H2,1-4H3. The van der Waals surface area contributed by atoms with Gasteiger partial charge in [-0.1, -0.05) is 0 Å². The van der Waals surface area contributed by atoms with Gasteiger partial charge in [0.2, 0.25) is 0 Å². The molecule has 3 nitrogen and oxygen atoms in total. The average Bonchev–Trinajstić information content (AvgIpc) is 2.83. The largest absolute Gasteiger partial charge is 0.369 e. The van der Waals surface area contributed by atoms with Crippen LogP contribution in [0.5, 0.6) is 0 Å². The summed E-state index contributed by atoms with van der Waals surface area (Å²) in [4.78, 5) is 7.02. The molecule has 0 unspecified atom stereocenters. The van der Waals surface area contributed by atoms with Crippen molar-refractivity contribution >= 4 is 5.69 Å². The predicted molar refractivity (Wildman–Crippen MR) is 84.2 cm³/mol. The van der Waals surface area contributed by atoms with E-state index in [1.165, 1.54) is 41.8 Å². The van der Waals surface area contributed by atoms with Crippen LogP contribution in [-0.2, 0) is 13.5 Å². The molecule has 106 valence electrons. The van der Waals surface area contributed by atoms with Crippen molar-refractivity contribution in [3.05, 3.63) is 35.8 Å². The summed E-state index contributed by atoms with van der Waals surface area (Å²) in [6, 6.07) is 5.26. The molecular formula is C17H23N3. The first-order chi connectivity index (χ1) is 9.56. The Bertz CT molecular complexity index is 625. The summed E-state index contributed by atoms with van der Waals surface area (Å²) in [7, 11) is 2.02. The summed E-state index contributed by atoms with van der Waals surface area (Å²) in [6.45, 7) is 7.92. The smallest absolute Gasteiger partial charge is 0.0951 e. The summed E-state index contributed by atoms with van der Waals surface area (Å²) in [5.41, 5.74) is 6.55. The van der Waals surface area contributed by atoms with Crippen LogP contribution in [0.4, 0.5) is 5.69 Å². The number of aromatic nitrogens is 2. The van der Waals surface area contributed by atoms with Gasteiger partial charge in [0.15, 0.2) is 0 Å². The zero-order chi connectivity index (χ0) is 14.3. The number of aryl methyl sites for hydroxylation is 3. The van der Waals surface area contributed by atoms with E-state index in [9.17, 15) is 0 Å². The van der Waals surface area contributed by atoms with Crippen LogP contribution >= 0.6 is 0 Å². The second-order valence-corrected chi connectivity index (χ2v) is 6.11. The Morgan fingerprint density at radius 2 is 2.05 bits per heavy atom. The minimum atomic E-state index is 0.564. The molecule has 0 radical (unpaired) electrons. The average molecular weight is 269 g/mol. The van der Waals surface area contributed by atoms with Crippen LogP contribution in [0.3, 0.4) is 0 Å². The molecule has 20 heavy (non-hydrogen) atoms. The highest BCUT2D eigenvalue weighted by atomic mass is 15.2. The minimum Gasteiger partial charge on any atom is -0.369 e.